The molecule has 0 aliphatic rings. The van der Waals surface area contributed by atoms with Crippen molar-refractivity contribution >= 4 is 21.5 Å². The molecule has 0 aliphatic heterocycles. The smallest absolute Gasteiger partial charge is 0.263 e. The van der Waals surface area contributed by atoms with Gasteiger partial charge in [-0.05, 0) is 28.1 Å². The zero-order valence-electron chi connectivity index (χ0n) is 14.6. The van der Waals surface area contributed by atoms with Gasteiger partial charge in [0.05, 0.1) is 31.4 Å². The van der Waals surface area contributed by atoms with E-state index in [-0.39, 0.29) is 24.8 Å². The molecule has 0 unspecified atom stereocenters. The summed E-state index contributed by atoms with van der Waals surface area (Å²) in [6.07, 6.45) is 1.03. The monoisotopic (exact) mass is 378 g/mol. The molecule has 134 valence electrons. The van der Waals surface area contributed by atoms with Gasteiger partial charge in [0.1, 0.15) is 0 Å². The fraction of sp³-hybridized carbons (Fsp3) is 0.250. The van der Waals surface area contributed by atoms with Crippen LogP contribution in [-0.2, 0) is 4.84 Å². The molecule has 3 nitrogen and oxygen atoms in total. The van der Waals surface area contributed by atoms with E-state index in [0.29, 0.717) is 6.61 Å². The van der Waals surface area contributed by atoms with Gasteiger partial charge < -0.3 is 29.7 Å². The van der Waals surface area contributed by atoms with Gasteiger partial charge >= 0.3 is 0 Å². The Hall–Kier alpha value is -1.81. The second-order valence-corrected chi connectivity index (χ2v) is 6.14. The Morgan fingerprint density at radius 2 is 1.32 bits per heavy atom. The highest BCUT2D eigenvalue weighted by molar-refractivity contribution is 5.92. The molecular weight excluding hydrogens is 355 g/mol. The van der Waals surface area contributed by atoms with Crippen LogP contribution in [0.4, 0.5) is 0 Å². The quantitative estimate of drug-likeness (QED) is 0.336. The number of benzene rings is 2. The number of nitrogens with one attached hydrogen (secondary N) is 2. The molecule has 0 aliphatic carbocycles. The van der Waals surface area contributed by atoms with Crippen LogP contribution in [0.5, 0.6) is 0 Å². The Morgan fingerprint density at radius 1 is 0.800 bits per heavy atom. The minimum Gasteiger partial charge on any atom is -1.00 e. The Balaban J connectivity index is 0.00000156. The van der Waals surface area contributed by atoms with Gasteiger partial charge in [-0.3, -0.25) is 4.84 Å². The fourth-order valence-electron chi connectivity index (χ4n) is 2.80. The minimum atomic E-state index is 0. The molecule has 0 atom stereocenters. The maximum Gasteiger partial charge on any atom is 0.263 e. The van der Waals surface area contributed by atoms with Crippen LogP contribution < -0.4 is 40.2 Å². The Bertz CT molecular complexity index is 820. The predicted molar refractivity (Wildman–Crippen MR) is 93.8 cm³/mol. The third-order valence-corrected chi connectivity index (χ3v) is 4.00. The zero-order valence-corrected chi connectivity index (χ0v) is 16.1. The normalized spacial score (nSPS) is 10.2. The molecule has 0 amide bonds. The van der Waals surface area contributed by atoms with Gasteiger partial charge in [0.15, 0.2) is 6.61 Å². The predicted octanol–water partition coefficient (Wildman–Crippen LogP) is -5.55. The molecule has 2 N–H and O–H groups in total. The standard InChI is InChI=1S/C20H22N2O.2ClH/c1-22(2)14-7-15-23-21-20-18-10-5-3-8-16(18)12-13-17-9-4-6-11-19(17)20;;/h3-6,8-13H,7,14-15H2,1-2H3;2*1H. The van der Waals surface area contributed by atoms with Crippen LogP contribution in [0.3, 0.4) is 0 Å². The summed E-state index contributed by atoms with van der Waals surface area (Å²) in [6.45, 7) is 1.80. The lowest BCUT2D eigenvalue weighted by molar-refractivity contribution is -0.860. The Kier molecular flexibility index (Phi) is 8.70. The van der Waals surface area contributed by atoms with E-state index in [1.165, 1.54) is 26.4 Å². The highest BCUT2D eigenvalue weighted by Gasteiger charge is 2.05. The van der Waals surface area contributed by atoms with E-state index in [1.54, 1.807) is 0 Å². The topological polar surface area (TPSA) is 27.6 Å². The summed E-state index contributed by atoms with van der Waals surface area (Å²) in [4.78, 5) is 7.21. The molecule has 0 saturated carbocycles. The van der Waals surface area contributed by atoms with Gasteiger partial charge in [-0.15, -0.1) is 0 Å². The van der Waals surface area contributed by atoms with Gasteiger partial charge in [0.2, 0.25) is 0 Å². The molecule has 25 heavy (non-hydrogen) atoms. The van der Waals surface area contributed by atoms with Crippen molar-refractivity contribution in [1.29, 1.82) is 0 Å². The molecule has 0 fully saturated rings. The first-order valence-corrected chi connectivity index (χ1v) is 8.16. The van der Waals surface area contributed by atoms with E-state index in [2.05, 4.69) is 79.9 Å². The summed E-state index contributed by atoms with van der Waals surface area (Å²) >= 11 is 0. The molecule has 3 aromatic carbocycles. The summed E-state index contributed by atoms with van der Waals surface area (Å²) in [7, 11) is 4.32. The highest BCUT2D eigenvalue weighted by atomic mass is 35.5. The van der Waals surface area contributed by atoms with E-state index in [9.17, 15) is 0 Å². The second kappa shape index (κ2) is 10.2. The van der Waals surface area contributed by atoms with E-state index in [4.69, 9.17) is 4.84 Å². The minimum absolute atomic E-state index is 0. The maximum absolute atomic E-state index is 5.76. The summed E-state index contributed by atoms with van der Waals surface area (Å²) in [5.74, 6) is 0. The molecule has 3 aromatic rings. The molecule has 5 heteroatoms. The highest BCUT2D eigenvalue weighted by Crippen LogP contribution is 2.13. The lowest BCUT2D eigenvalue weighted by Gasteiger charge is -2.03. The van der Waals surface area contributed by atoms with Crippen LogP contribution in [0.15, 0.2) is 60.7 Å². The van der Waals surface area contributed by atoms with Gasteiger partial charge in [0.25, 0.3) is 5.36 Å². The van der Waals surface area contributed by atoms with Gasteiger partial charge in [0, 0.05) is 6.42 Å². The first kappa shape index (κ1) is 21.2. The molecule has 0 aromatic heterocycles. The van der Waals surface area contributed by atoms with Crippen molar-refractivity contribution in [2.75, 3.05) is 27.2 Å². The Labute approximate surface area is 161 Å². The molecule has 0 spiro atoms. The SMILES string of the molecule is C[NH+](C)CCCO[NH+]=c1c2ccccc2ccc2ccccc12.[Cl-].[Cl-]. The van der Waals surface area contributed by atoms with Gasteiger partial charge in [-0.25, -0.2) is 0 Å². The number of fused-ring (bicyclic) bond motifs is 2. The summed E-state index contributed by atoms with van der Waals surface area (Å²) < 4.78 is 0. The Morgan fingerprint density at radius 3 is 1.84 bits per heavy atom. The average Bonchev–Trinajstić information content (AvgIpc) is 2.72. The van der Waals surface area contributed by atoms with E-state index in [0.717, 1.165) is 18.3 Å². The van der Waals surface area contributed by atoms with Crippen LogP contribution in [0.2, 0.25) is 0 Å². The van der Waals surface area contributed by atoms with Crippen LogP contribution >= 0.6 is 0 Å². The molecule has 3 rings (SSSR count). The number of hydrogen-bond acceptors (Lipinski definition) is 1. The number of halogens is 2. The van der Waals surface area contributed by atoms with E-state index < -0.39 is 0 Å². The number of quaternary nitrogens is 1. The van der Waals surface area contributed by atoms with Crippen molar-refractivity contribution in [3.05, 3.63) is 66.0 Å². The van der Waals surface area contributed by atoms with Crippen LogP contribution in [0, 0.1) is 0 Å². The number of hydrogen-bond donors (Lipinski definition) is 2. The van der Waals surface area contributed by atoms with Crippen molar-refractivity contribution in [2.45, 2.75) is 6.42 Å². The maximum atomic E-state index is 5.76. The third kappa shape index (κ3) is 5.33. The van der Waals surface area contributed by atoms with Crippen LogP contribution in [-0.4, -0.2) is 27.2 Å². The molecule has 0 saturated heterocycles. The van der Waals surface area contributed by atoms with Crippen molar-refractivity contribution in [3.8, 4) is 0 Å². The first-order chi connectivity index (χ1) is 11.3. The molecular formula is C20H24Cl2N2O. The average molecular weight is 379 g/mol. The molecule has 0 radical (unpaired) electrons. The first-order valence-electron chi connectivity index (χ1n) is 8.16. The largest absolute Gasteiger partial charge is 1.00 e. The summed E-state index contributed by atoms with van der Waals surface area (Å²) in [6, 6.07) is 21.1. The van der Waals surface area contributed by atoms with Gasteiger partial charge in [-0.1, -0.05) is 48.5 Å². The van der Waals surface area contributed by atoms with Crippen molar-refractivity contribution < 1.29 is 39.7 Å². The molecule has 0 heterocycles. The third-order valence-electron chi connectivity index (χ3n) is 4.00. The molecule has 0 bridgehead atoms. The van der Waals surface area contributed by atoms with Gasteiger partial charge in [-0.2, -0.15) is 0 Å². The number of rotatable bonds is 5. The second-order valence-electron chi connectivity index (χ2n) is 6.14. The lowest BCUT2D eigenvalue weighted by atomic mass is 10.1. The summed E-state index contributed by atoms with van der Waals surface area (Å²) in [5, 5.41) is 9.00. The van der Waals surface area contributed by atoms with E-state index >= 15 is 0 Å². The van der Waals surface area contributed by atoms with Crippen molar-refractivity contribution in [3.63, 3.8) is 0 Å². The van der Waals surface area contributed by atoms with E-state index in [1.807, 2.05) is 0 Å². The lowest BCUT2D eigenvalue weighted by Crippen LogP contribution is -3.05. The van der Waals surface area contributed by atoms with Crippen LogP contribution in [0.25, 0.3) is 21.5 Å². The fourth-order valence-corrected chi connectivity index (χ4v) is 2.80. The zero-order chi connectivity index (χ0) is 16.1. The van der Waals surface area contributed by atoms with Crippen molar-refractivity contribution in [2.24, 2.45) is 0 Å². The van der Waals surface area contributed by atoms with Crippen LogP contribution in [0.1, 0.15) is 6.42 Å². The summed E-state index contributed by atoms with van der Waals surface area (Å²) in [5.41, 5.74) is 0. The van der Waals surface area contributed by atoms with Crippen molar-refractivity contribution in [1.82, 2.24) is 0 Å².